The molecule has 0 saturated carbocycles. The van der Waals surface area contributed by atoms with Gasteiger partial charge in [0, 0.05) is 11.5 Å². The standard InChI is InChI=1S/C10H16N6O18S2/c17-11(18)29-1-9(2-30-12(19)20,3-31-13(21)22)7-35-36-8-10(4-32-14(23)24,5-33-15(25)26)6-34-16(27)28/h1-8H2. The lowest BCUT2D eigenvalue weighted by atomic mass is 9.94. The number of hydrogen-bond donors (Lipinski definition) is 0. The van der Waals surface area contributed by atoms with Gasteiger partial charge < -0.3 is 29.0 Å². The topological polar surface area (TPSA) is 314 Å². The van der Waals surface area contributed by atoms with Crippen molar-refractivity contribution in [2.45, 2.75) is 0 Å². The first-order chi connectivity index (χ1) is 16.7. The third-order valence-corrected chi connectivity index (χ3v) is 6.50. The Labute approximate surface area is 204 Å². The highest BCUT2D eigenvalue weighted by molar-refractivity contribution is 8.76. The fourth-order valence-corrected chi connectivity index (χ4v) is 5.14. The van der Waals surface area contributed by atoms with Crippen LogP contribution in [0.15, 0.2) is 0 Å². The molecule has 0 fully saturated rings. The van der Waals surface area contributed by atoms with Gasteiger partial charge in [0.1, 0.15) is 39.6 Å². The molecule has 0 aromatic carbocycles. The Morgan fingerprint density at radius 3 is 0.722 bits per heavy atom. The summed E-state index contributed by atoms with van der Waals surface area (Å²) in [6, 6.07) is 0. The molecule has 0 atom stereocenters. The Bertz CT molecular complexity index is 645. The molecule has 206 valence electrons. The molecular formula is C10H16N6O18S2. The molecule has 0 saturated heterocycles. The first-order valence-electron chi connectivity index (χ1n) is 8.59. The highest BCUT2D eigenvalue weighted by Gasteiger charge is 2.38. The summed E-state index contributed by atoms with van der Waals surface area (Å²) in [5.74, 6) is -0.906. The molecule has 0 heterocycles. The summed E-state index contributed by atoms with van der Waals surface area (Å²) in [5.41, 5.74) is -3.75. The summed E-state index contributed by atoms with van der Waals surface area (Å²) in [5, 5.41) is 55.8. The van der Waals surface area contributed by atoms with Crippen molar-refractivity contribution in [3.05, 3.63) is 60.7 Å². The normalized spacial score (nSPS) is 11.0. The minimum atomic E-state index is -1.88. The molecule has 0 radical (unpaired) electrons. The summed E-state index contributed by atoms with van der Waals surface area (Å²) in [7, 11) is 1.35. The molecule has 0 aliphatic rings. The second kappa shape index (κ2) is 15.7. The van der Waals surface area contributed by atoms with Crippen molar-refractivity contribution in [1.29, 1.82) is 0 Å². The van der Waals surface area contributed by atoms with E-state index in [9.17, 15) is 60.7 Å². The van der Waals surface area contributed by atoms with Gasteiger partial charge in [0.15, 0.2) is 0 Å². The maximum Gasteiger partial charge on any atom is 0.294 e. The first kappa shape index (κ1) is 31.9. The van der Waals surface area contributed by atoms with Crippen molar-refractivity contribution in [1.82, 2.24) is 0 Å². The van der Waals surface area contributed by atoms with Gasteiger partial charge in [0.2, 0.25) is 0 Å². The zero-order chi connectivity index (χ0) is 27.8. The lowest BCUT2D eigenvalue weighted by molar-refractivity contribution is -0.781. The van der Waals surface area contributed by atoms with Gasteiger partial charge in [-0.1, -0.05) is 21.6 Å². The number of rotatable bonds is 23. The van der Waals surface area contributed by atoms with E-state index in [-0.39, 0.29) is 0 Å². The third kappa shape index (κ3) is 14.9. The summed E-state index contributed by atoms with van der Waals surface area (Å²) < 4.78 is 0. The lowest BCUT2D eigenvalue weighted by Gasteiger charge is -2.32. The molecule has 0 aliphatic carbocycles. The van der Waals surface area contributed by atoms with Gasteiger partial charge >= 0.3 is 0 Å². The second-order valence-corrected chi connectivity index (χ2v) is 8.97. The van der Waals surface area contributed by atoms with Crippen molar-refractivity contribution in [3.63, 3.8) is 0 Å². The zero-order valence-electron chi connectivity index (χ0n) is 17.5. The van der Waals surface area contributed by atoms with E-state index in [0.29, 0.717) is 21.6 Å². The van der Waals surface area contributed by atoms with Crippen LogP contribution in [0, 0.1) is 71.5 Å². The molecule has 36 heavy (non-hydrogen) atoms. The summed E-state index contributed by atoms with van der Waals surface area (Å²) >= 11 is 0. The molecule has 0 bridgehead atoms. The fourth-order valence-electron chi connectivity index (χ4n) is 1.97. The van der Waals surface area contributed by atoms with E-state index in [1.807, 2.05) is 0 Å². The summed E-state index contributed by atoms with van der Waals surface area (Å²) in [6.45, 7) is -5.84. The van der Waals surface area contributed by atoms with Gasteiger partial charge in [-0.25, -0.2) is 0 Å². The van der Waals surface area contributed by atoms with E-state index >= 15 is 0 Å². The van der Waals surface area contributed by atoms with Gasteiger partial charge in [-0.3, -0.25) is 0 Å². The monoisotopic (exact) mass is 572 g/mol. The molecule has 0 rings (SSSR count). The molecule has 0 aliphatic heterocycles. The van der Waals surface area contributed by atoms with Crippen LogP contribution in [0.5, 0.6) is 0 Å². The van der Waals surface area contributed by atoms with Crippen molar-refractivity contribution >= 4 is 21.6 Å². The predicted molar refractivity (Wildman–Crippen MR) is 107 cm³/mol. The molecule has 0 unspecified atom stereocenters. The van der Waals surface area contributed by atoms with Crippen LogP contribution in [0.1, 0.15) is 0 Å². The Balaban J connectivity index is 5.64. The van der Waals surface area contributed by atoms with Crippen LogP contribution < -0.4 is 0 Å². The predicted octanol–water partition coefficient (Wildman–Crippen LogP) is -0.410. The molecule has 0 aromatic heterocycles. The first-order valence-corrected chi connectivity index (χ1v) is 11.1. The van der Waals surface area contributed by atoms with Crippen LogP contribution >= 0.6 is 21.6 Å². The Kier molecular flexibility index (Phi) is 13.9. The smallest absolute Gasteiger partial charge is 0.294 e. The molecule has 0 amide bonds. The van der Waals surface area contributed by atoms with E-state index in [1.54, 1.807) is 0 Å². The van der Waals surface area contributed by atoms with Crippen LogP contribution in [-0.2, 0) is 29.0 Å². The molecular weight excluding hydrogens is 556 g/mol. The van der Waals surface area contributed by atoms with E-state index < -0.39 is 92.5 Å². The van der Waals surface area contributed by atoms with Crippen molar-refractivity contribution in [2.24, 2.45) is 10.8 Å². The Morgan fingerprint density at radius 2 is 0.583 bits per heavy atom. The van der Waals surface area contributed by atoms with E-state index in [2.05, 4.69) is 29.0 Å². The van der Waals surface area contributed by atoms with Crippen LogP contribution in [0.2, 0.25) is 0 Å². The molecule has 0 spiro atoms. The van der Waals surface area contributed by atoms with E-state index in [4.69, 9.17) is 0 Å². The maximum atomic E-state index is 10.6. The third-order valence-electron chi connectivity index (χ3n) is 3.67. The quantitative estimate of drug-likeness (QED) is 0.0649. The highest BCUT2D eigenvalue weighted by atomic mass is 33.1. The van der Waals surface area contributed by atoms with Gasteiger partial charge in [-0.05, 0) is 0 Å². The Hall–Kier alpha value is -4.10. The van der Waals surface area contributed by atoms with E-state index in [0.717, 1.165) is 0 Å². The van der Waals surface area contributed by atoms with Gasteiger partial charge in [-0.15, -0.1) is 60.7 Å². The van der Waals surface area contributed by atoms with Crippen LogP contribution in [0.3, 0.4) is 0 Å². The SMILES string of the molecule is O=[N+]([O-])OCC(CO[N+](=O)[O-])(CO[N+](=O)[O-])CSSCC(CO[N+](=O)[O-])(CO[N+](=O)[O-])CO[N+](=O)[O-]. The molecule has 0 N–H and O–H groups in total. The second-order valence-electron chi connectivity index (χ2n) is 6.51. The average molecular weight is 572 g/mol. The number of hydrogen-bond acceptors (Lipinski definition) is 20. The average Bonchev–Trinajstić information content (AvgIpc) is 2.77. The highest BCUT2D eigenvalue weighted by Crippen LogP contribution is 2.37. The van der Waals surface area contributed by atoms with Gasteiger partial charge in [0.05, 0.1) is 10.8 Å². The summed E-state index contributed by atoms with van der Waals surface area (Å²) in [4.78, 5) is 88.5. The van der Waals surface area contributed by atoms with Crippen molar-refractivity contribution < 1.29 is 59.5 Å². The largest absolute Gasteiger partial charge is 0.313 e. The minimum Gasteiger partial charge on any atom is -0.313 e. The fraction of sp³-hybridized carbons (Fsp3) is 1.00. The van der Waals surface area contributed by atoms with Crippen LogP contribution in [0.4, 0.5) is 0 Å². The van der Waals surface area contributed by atoms with Gasteiger partial charge in [0.25, 0.3) is 30.5 Å². The minimum absolute atomic E-state index is 0.453. The van der Waals surface area contributed by atoms with Crippen LogP contribution in [-0.4, -0.2) is 81.7 Å². The molecule has 26 heteroatoms. The summed E-state index contributed by atoms with van der Waals surface area (Å²) in [6.07, 6.45) is 0. The van der Waals surface area contributed by atoms with Crippen molar-refractivity contribution in [3.8, 4) is 0 Å². The van der Waals surface area contributed by atoms with Crippen molar-refractivity contribution in [2.75, 3.05) is 51.1 Å². The Morgan fingerprint density at radius 1 is 0.417 bits per heavy atom. The number of nitrogens with zero attached hydrogens (tertiary/aromatic N) is 6. The zero-order valence-corrected chi connectivity index (χ0v) is 19.1. The molecule has 24 nitrogen and oxygen atoms in total. The van der Waals surface area contributed by atoms with Crippen LogP contribution in [0.25, 0.3) is 0 Å². The van der Waals surface area contributed by atoms with Gasteiger partial charge in [-0.2, -0.15) is 0 Å². The van der Waals surface area contributed by atoms with E-state index in [1.165, 1.54) is 0 Å². The lowest BCUT2D eigenvalue weighted by Crippen LogP contribution is -2.42. The maximum absolute atomic E-state index is 10.6. The molecule has 0 aromatic rings.